The Bertz CT molecular complexity index is 532. The van der Waals surface area contributed by atoms with Gasteiger partial charge in [-0.3, -0.25) is 4.79 Å². The van der Waals surface area contributed by atoms with Crippen LogP contribution in [0.4, 0.5) is 0 Å². The van der Waals surface area contributed by atoms with Gasteiger partial charge in [-0.1, -0.05) is 12.8 Å². The van der Waals surface area contributed by atoms with Crippen LogP contribution in [-0.4, -0.2) is 81.4 Å². The fourth-order valence-electron chi connectivity index (χ4n) is 3.70. The van der Waals surface area contributed by atoms with E-state index < -0.39 is 10.0 Å². The van der Waals surface area contributed by atoms with Gasteiger partial charge in [-0.25, -0.2) is 8.42 Å². The van der Waals surface area contributed by atoms with Crippen molar-refractivity contribution in [3.63, 3.8) is 0 Å². The van der Waals surface area contributed by atoms with Crippen LogP contribution in [0, 0.1) is 5.92 Å². The third-order valence-corrected chi connectivity index (χ3v) is 6.33. The Balaban J connectivity index is 1.53. The summed E-state index contributed by atoms with van der Waals surface area (Å²) < 4.78 is 36.4. The van der Waals surface area contributed by atoms with E-state index in [-0.39, 0.29) is 30.6 Å². The van der Waals surface area contributed by atoms with E-state index in [0.717, 1.165) is 12.8 Å². The first-order chi connectivity index (χ1) is 10.9. The molecule has 3 fully saturated rings. The summed E-state index contributed by atoms with van der Waals surface area (Å²) in [5, 5.41) is 0. The van der Waals surface area contributed by atoms with E-state index in [4.69, 9.17) is 9.47 Å². The molecule has 0 spiro atoms. The van der Waals surface area contributed by atoms with Gasteiger partial charge in [0.1, 0.15) is 6.61 Å². The number of sulfonamides is 1. The minimum atomic E-state index is -3.22. The largest absolute Gasteiger partial charge is 0.375 e. The van der Waals surface area contributed by atoms with Crippen molar-refractivity contribution < 1.29 is 22.7 Å². The maximum absolute atomic E-state index is 12.3. The molecule has 0 aromatic rings. The summed E-state index contributed by atoms with van der Waals surface area (Å²) >= 11 is 0. The highest BCUT2D eigenvalue weighted by Crippen LogP contribution is 2.25. The number of amides is 1. The molecule has 23 heavy (non-hydrogen) atoms. The van der Waals surface area contributed by atoms with Crippen molar-refractivity contribution in [1.82, 2.24) is 9.21 Å². The van der Waals surface area contributed by atoms with Crippen LogP contribution in [0.3, 0.4) is 0 Å². The SMILES string of the molecule is CS(=O)(=O)N1CCO[C@H]2CN(C(=O)COC3CCCC3)C[C@H]2C1. The summed E-state index contributed by atoms with van der Waals surface area (Å²) in [5.74, 6) is 0.0298. The maximum atomic E-state index is 12.3. The summed E-state index contributed by atoms with van der Waals surface area (Å²) in [6.45, 7) is 2.41. The number of fused-ring (bicyclic) bond motifs is 1. The number of ether oxygens (including phenoxy) is 2. The molecule has 8 heteroatoms. The zero-order chi connectivity index (χ0) is 16.4. The zero-order valence-electron chi connectivity index (χ0n) is 13.6. The molecule has 1 amide bonds. The molecule has 0 N–H and O–H groups in total. The Morgan fingerprint density at radius 2 is 1.96 bits per heavy atom. The number of carbonyl (C=O) groups excluding carboxylic acids is 1. The lowest BCUT2D eigenvalue weighted by molar-refractivity contribution is -0.137. The molecule has 0 aromatic carbocycles. The van der Waals surface area contributed by atoms with Gasteiger partial charge < -0.3 is 14.4 Å². The minimum absolute atomic E-state index is 0.0144. The van der Waals surface area contributed by atoms with Gasteiger partial charge in [0, 0.05) is 32.1 Å². The molecule has 1 aliphatic carbocycles. The molecule has 2 atom stereocenters. The number of likely N-dealkylation sites (tertiary alicyclic amines) is 1. The summed E-state index contributed by atoms with van der Waals surface area (Å²) in [6.07, 6.45) is 5.83. The van der Waals surface area contributed by atoms with Crippen LogP contribution in [0.1, 0.15) is 25.7 Å². The minimum Gasteiger partial charge on any atom is -0.375 e. The standard InChI is InChI=1S/C15H26N2O5S/c1-23(19,20)17-6-7-21-14-10-16(8-12(14)9-17)15(18)11-22-13-4-2-3-5-13/h12-14H,2-11H2,1H3/t12-,14-/m0/s1. The average Bonchev–Trinajstić information content (AvgIpc) is 3.09. The van der Waals surface area contributed by atoms with Crippen LogP contribution in [-0.2, 0) is 24.3 Å². The molecule has 0 unspecified atom stereocenters. The second kappa shape index (κ2) is 7.04. The topological polar surface area (TPSA) is 76.2 Å². The number of hydrogen-bond acceptors (Lipinski definition) is 5. The zero-order valence-corrected chi connectivity index (χ0v) is 14.5. The molecule has 2 aliphatic heterocycles. The molecule has 1 saturated carbocycles. The highest BCUT2D eigenvalue weighted by molar-refractivity contribution is 7.88. The normalized spacial score (nSPS) is 30.4. The van der Waals surface area contributed by atoms with Crippen molar-refractivity contribution in [1.29, 1.82) is 0 Å². The van der Waals surface area contributed by atoms with Gasteiger partial charge in [-0.2, -0.15) is 4.31 Å². The van der Waals surface area contributed by atoms with Crippen LogP contribution in [0.15, 0.2) is 0 Å². The fourth-order valence-corrected chi connectivity index (χ4v) is 4.57. The molecular formula is C15H26N2O5S. The van der Waals surface area contributed by atoms with Crippen molar-refractivity contribution in [2.24, 2.45) is 5.92 Å². The van der Waals surface area contributed by atoms with Gasteiger partial charge in [0.2, 0.25) is 15.9 Å². The van der Waals surface area contributed by atoms with Gasteiger partial charge in [0.15, 0.2) is 0 Å². The van der Waals surface area contributed by atoms with E-state index >= 15 is 0 Å². The lowest BCUT2D eigenvalue weighted by Crippen LogP contribution is -2.38. The second-order valence-electron chi connectivity index (χ2n) is 6.81. The first-order valence-electron chi connectivity index (χ1n) is 8.39. The predicted octanol–water partition coefficient (Wildman–Crippen LogP) is 0.0644. The van der Waals surface area contributed by atoms with Crippen LogP contribution in [0.25, 0.3) is 0 Å². The van der Waals surface area contributed by atoms with E-state index in [1.54, 1.807) is 4.90 Å². The molecular weight excluding hydrogens is 320 g/mol. The van der Waals surface area contributed by atoms with Crippen molar-refractivity contribution in [3.05, 3.63) is 0 Å². The van der Waals surface area contributed by atoms with E-state index in [2.05, 4.69) is 0 Å². The predicted molar refractivity (Wildman–Crippen MR) is 84.4 cm³/mol. The summed E-state index contributed by atoms with van der Waals surface area (Å²) in [6, 6.07) is 0. The van der Waals surface area contributed by atoms with Crippen LogP contribution < -0.4 is 0 Å². The summed E-state index contributed by atoms with van der Waals surface area (Å²) in [5.41, 5.74) is 0. The van der Waals surface area contributed by atoms with E-state index in [9.17, 15) is 13.2 Å². The molecule has 0 radical (unpaired) electrons. The third-order valence-electron chi connectivity index (χ3n) is 5.06. The van der Waals surface area contributed by atoms with E-state index in [1.807, 2.05) is 0 Å². The van der Waals surface area contributed by atoms with Crippen LogP contribution in [0.2, 0.25) is 0 Å². The number of hydrogen-bond donors (Lipinski definition) is 0. The Morgan fingerprint density at radius 1 is 1.22 bits per heavy atom. The van der Waals surface area contributed by atoms with Crippen LogP contribution >= 0.6 is 0 Å². The third kappa shape index (κ3) is 4.23. The first-order valence-corrected chi connectivity index (χ1v) is 10.2. The summed E-state index contributed by atoms with van der Waals surface area (Å²) in [4.78, 5) is 14.1. The lowest BCUT2D eigenvalue weighted by Gasteiger charge is -2.21. The quantitative estimate of drug-likeness (QED) is 0.720. The Labute approximate surface area is 138 Å². The van der Waals surface area contributed by atoms with E-state index in [0.29, 0.717) is 32.8 Å². The van der Waals surface area contributed by atoms with Crippen molar-refractivity contribution in [2.45, 2.75) is 37.9 Å². The van der Waals surface area contributed by atoms with Gasteiger partial charge in [0.25, 0.3) is 0 Å². The molecule has 3 rings (SSSR count). The smallest absolute Gasteiger partial charge is 0.248 e. The van der Waals surface area contributed by atoms with Gasteiger partial charge in [-0.15, -0.1) is 0 Å². The van der Waals surface area contributed by atoms with Gasteiger partial charge in [-0.05, 0) is 12.8 Å². The lowest BCUT2D eigenvalue weighted by atomic mass is 10.1. The first kappa shape index (κ1) is 17.1. The maximum Gasteiger partial charge on any atom is 0.248 e. The monoisotopic (exact) mass is 346 g/mol. The van der Waals surface area contributed by atoms with Crippen molar-refractivity contribution in [2.75, 3.05) is 45.6 Å². The van der Waals surface area contributed by atoms with Crippen LogP contribution in [0.5, 0.6) is 0 Å². The molecule has 0 aromatic heterocycles. The second-order valence-corrected chi connectivity index (χ2v) is 8.79. The van der Waals surface area contributed by atoms with Gasteiger partial charge in [0.05, 0.1) is 25.1 Å². The Hall–Kier alpha value is -0.700. The number of rotatable bonds is 4. The molecule has 2 saturated heterocycles. The molecule has 2 heterocycles. The highest BCUT2D eigenvalue weighted by Gasteiger charge is 2.40. The Morgan fingerprint density at radius 3 is 2.65 bits per heavy atom. The number of nitrogens with zero attached hydrogens (tertiary/aromatic N) is 2. The van der Waals surface area contributed by atoms with Crippen molar-refractivity contribution in [3.8, 4) is 0 Å². The highest BCUT2D eigenvalue weighted by atomic mass is 32.2. The van der Waals surface area contributed by atoms with E-state index in [1.165, 1.54) is 23.4 Å². The molecule has 132 valence electrons. The average molecular weight is 346 g/mol. The molecule has 0 bridgehead atoms. The Kier molecular flexibility index (Phi) is 5.25. The summed E-state index contributed by atoms with van der Waals surface area (Å²) in [7, 11) is -3.22. The van der Waals surface area contributed by atoms with Crippen molar-refractivity contribution >= 4 is 15.9 Å². The number of carbonyl (C=O) groups is 1. The van der Waals surface area contributed by atoms with Gasteiger partial charge >= 0.3 is 0 Å². The molecule has 7 nitrogen and oxygen atoms in total. The fraction of sp³-hybridized carbons (Fsp3) is 0.933. The molecule has 3 aliphatic rings.